The Labute approximate surface area is 135 Å². The van der Waals surface area contributed by atoms with E-state index in [9.17, 15) is 4.79 Å². The predicted molar refractivity (Wildman–Crippen MR) is 78.1 cm³/mol. The normalized spacial score (nSPS) is 6.61. The third-order valence-corrected chi connectivity index (χ3v) is 0.555. The topological polar surface area (TPSA) is 26.3 Å². The number of esters is 1. The van der Waals surface area contributed by atoms with Gasteiger partial charge in [-0.3, -0.25) is 0 Å². The maximum atomic E-state index is 10.2. The summed E-state index contributed by atoms with van der Waals surface area (Å²) < 4.78 is 4.52. The van der Waals surface area contributed by atoms with Crippen molar-refractivity contribution in [3.63, 3.8) is 0 Å². The number of rotatable bonds is 3. The second kappa shape index (κ2) is 43.5. The van der Waals surface area contributed by atoms with Gasteiger partial charge in [0.15, 0.2) is 0 Å². The quantitative estimate of drug-likeness (QED) is 0.427. The molecule has 0 aliphatic carbocycles. The van der Waals surface area contributed by atoms with Crippen LogP contribution in [0, 0.1) is 27.7 Å². The maximum Gasteiger partial charge on any atom is 4.00 e. The Morgan fingerprint density at radius 1 is 1.06 bits per heavy atom. The summed E-state index contributed by atoms with van der Waals surface area (Å²) in [4.78, 5) is 10.2. The summed E-state index contributed by atoms with van der Waals surface area (Å²) >= 11 is 0. The van der Waals surface area contributed by atoms with Crippen molar-refractivity contribution >= 4 is 5.97 Å². The molecule has 0 aromatic carbocycles. The Morgan fingerprint density at radius 2 is 1.33 bits per heavy atom. The fraction of sp³-hybridized carbons (Fsp3) is 0.533. The second-order valence-corrected chi connectivity index (χ2v) is 2.73. The van der Waals surface area contributed by atoms with E-state index in [-0.39, 0.29) is 32.2 Å². The number of ether oxygens (including phenoxy) is 1. The first-order valence-corrected chi connectivity index (χ1v) is 6.02. The first-order chi connectivity index (χ1) is 8.05. The van der Waals surface area contributed by atoms with Crippen molar-refractivity contribution in [1.29, 1.82) is 0 Å². The van der Waals surface area contributed by atoms with E-state index >= 15 is 0 Å². The number of hydrogen-bond donors (Lipinski definition) is 0. The molecule has 0 heterocycles. The molecule has 106 valence electrons. The third-order valence-electron chi connectivity index (χ3n) is 0.555. The second-order valence-electron chi connectivity index (χ2n) is 2.73. The first kappa shape index (κ1) is 30.8. The number of hydrogen-bond acceptors (Lipinski definition) is 2. The fourth-order valence-electron chi connectivity index (χ4n) is 0.232. The minimum Gasteiger partial charge on any atom is -0.465 e. The zero-order valence-electron chi connectivity index (χ0n) is 12.5. The molecule has 2 nitrogen and oxygen atoms in total. The van der Waals surface area contributed by atoms with Crippen LogP contribution in [0.15, 0.2) is 12.7 Å². The van der Waals surface area contributed by atoms with Gasteiger partial charge in [-0.2, -0.15) is 19.3 Å². The van der Waals surface area contributed by atoms with Gasteiger partial charge < -0.3 is 32.4 Å². The average Bonchev–Trinajstić information content (AvgIpc) is 2.29. The van der Waals surface area contributed by atoms with Crippen LogP contribution in [-0.4, -0.2) is 12.6 Å². The Balaban J connectivity index is -0.0000000477. The van der Waals surface area contributed by atoms with Gasteiger partial charge in [0.1, 0.15) is 0 Å². The van der Waals surface area contributed by atoms with Crippen LogP contribution in [0.25, 0.3) is 0 Å². The average molecular weight is 334 g/mol. The molecule has 3 heteroatoms. The molecule has 0 saturated carbocycles. The molecule has 0 radical (unpaired) electrons. The van der Waals surface area contributed by atoms with Crippen molar-refractivity contribution in [3.8, 4) is 0 Å². The van der Waals surface area contributed by atoms with Crippen LogP contribution in [0.2, 0.25) is 0 Å². The summed E-state index contributed by atoms with van der Waals surface area (Å²) in [6.07, 6.45) is 4.75. The van der Waals surface area contributed by atoms with Crippen LogP contribution < -0.4 is 0 Å². The third kappa shape index (κ3) is 98.7. The number of carbonyl (C=O) groups excluding carboxylic acids is 1. The van der Waals surface area contributed by atoms with Gasteiger partial charge in [-0.05, 0) is 0 Å². The van der Waals surface area contributed by atoms with E-state index < -0.39 is 0 Å². The van der Waals surface area contributed by atoms with Gasteiger partial charge in [-0.15, -0.1) is 6.42 Å². The monoisotopic (exact) mass is 332 g/mol. The van der Waals surface area contributed by atoms with Gasteiger partial charge in [-0.1, -0.05) is 27.4 Å². The minimum atomic E-state index is -0.381. The minimum absolute atomic E-state index is 0. The molecule has 0 unspecified atom stereocenters. The molecule has 0 aromatic heterocycles. The molecule has 0 bridgehead atoms. The number of carbonyl (C=O) groups is 1. The van der Waals surface area contributed by atoms with E-state index in [1.54, 1.807) is 0 Å². The molecule has 0 amide bonds. The summed E-state index contributed by atoms with van der Waals surface area (Å²) in [5.74, 6) is -0.381. The summed E-state index contributed by atoms with van der Waals surface area (Å²) in [6, 6.07) is 0. The summed E-state index contributed by atoms with van der Waals surface area (Å²) in [6.45, 7) is 23.6. The molecule has 18 heavy (non-hydrogen) atoms. The van der Waals surface area contributed by atoms with Gasteiger partial charge in [0, 0.05) is 6.08 Å². The fourth-order valence-corrected chi connectivity index (χ4v) is 0.232. The van der Waals surface area contributed by atoms with Crippen molar-refractivity contribution in [2.45, 2.75) is 46.5 Å². The molecule has 0 N–H and O–H groups in total. The first-order valence-electron chi connectivity index (χ1n) is 6.02. The van der Waals surface area contributed by atoms with E-state index in [1.165, 1.54) is 0 Å². The summed E-state index contributed by atoms with van der Waals surface area (Å²) in [7, 11) is 0. The van der Waals surface area contributed by atoms with E-state index in [1.807, 2.05) is 20.8 Å². The Bertz CT molecular complexity index is 121. The van der Waals surface area contributed by atoms with E-state index in [4.69, 9.17) is 0 Å². The van der Waals surface area contributed by atoms with Crippen molar-refractivity contribution in [1.82, 2.24) is 0 Å². The summed E-state index contributed by atoms with van der Waals surface area (Å²) in [5, 5.41) is 0. The Kier molecular flexibility index (Phi) is 74.4. The van der Waals surface area contributed by atoms with Crippen molar-refractivity contribution in [2.75, 3.05) is 6.61 Å². The molecule has 0 spiro atoms. The zero-order chi connectivity index (χ0) is 14.5. The standard InChI is InChI=1S/C6H9O2.3C3H7.Zr/c1-3-5-8-6(7)4-2;3*1-3-2;/h4H,1-3,5H2;3*1,3H2,2H3;/q4*-1;+4. The largest absolute Gasteiger partial charge is 4.00 e. The zero-order valence-corrected chi connectivity index (χ0v) is 14.9. The van der Waals surface area contributed by atoms with Gasteiger partial charge in [0.2, 0.25) is 0 Å². The van der Waals surface area contributed by atoms with Crippen LogP contribution in [0.5, 0.6) is 0 Å². The van der Waals surface area contributed by atoms with Gasteiger partial charge >= 0.3 is 32.2 Å². The predicted octanol–water partition coefficient (Wildman–Crippen LogP) is 4.63. The van der Waals surface area contributed by atoms with Gasteiger partial charge in [-0.25, -0.2) is 4.79 Å². The van der Waals surface area contributed by atoms with Crippen LogP contribution in [0.1, 0.15) is 46.5 Å². The molecule has 0 saturated heterocycles. The van der Waals surface area contributed by atoms with Gasteiger partial charge in [0.25, 0.3) is 0 Å². The Hall–Kier alpha value is 0.0931. The molecule has 0 aliphatic rings. The molecule has 0 fully saturated rings. The smallest absolute Gasteiger partial charge is 0.465 e. The van der Waals surface area contributed by atoms with Crippen LogP contribution in [0.4, 0.5) is 0 Å². The van der Waals surface area contributed by atoms with Crippen molar-refractivity contribution < 1.29 is 35.7 Å². The SMILES string of the molecule is C=CC(=O)OCC[CH2-].[CH2-]CC.[CH2-]CC.[CH2-]CC.[Zr+4]. The van der Waals surface area contributed by atoms with Crippen molar-refractivity contribution in [3.05, 3.63) is 40.3 Å². The van der Waals surface area contributed by atoms with E-state index in [0.29, 0.717) is 13.0 Å². The van der Waals surface area contributed by atoms with E-state index in [2.05, 4.69) is 39.0 Å². The van der Waals surface area contributed by atoms with Crippen LogP contribution in [0.3, 0.4) is 0 Å². The van der Waals surface area contributed by atoms with Crippen LogP contribution in [-0.2, 0) is 35.7 Å². The molecule has 0 aliphatic heterocycles. The molecular formula is C15H30O2Zr. The summed E-state index contributed by atoms with van der Waals surface area (Å²) in [5.41, 5.74) is 0. The molecule has 0 aromatic rings. The van der Waals surface area contributed by atoms with Crippen LogP contribution >= 0.6 is 0 Å². The van der Waals surface area contributed by atoms with E-state index in [0.717, 1.165) is 25.3 Å². The van der Waals surface area contributed by atoms with Gasteiger partial charge in [0.05, 0.1) is 6.61 Å². The molecular weight excluding hydrogens is 303 g/mol. The van der Waals surface area contributed by atoms with Crippen molar-refractivity contribution in [2.24, 2.45) is 0 Å². The Morgan fingerprint density at radius 3 is 1.50 bits per heavy atom. The maximum absolute atomic E-state index is 10.2. The molecule has 0 atom stereocenters. The molecule has 0 rings (SSSR count).